The van der Waals surface area contributed by atoms with E-state index in [1.807, 2.05) is 43.3 Å². The van der Waals surface area contributed by atoms with E-state index in [1.165, 1.54) is 0 Å². The molecule has 1 aliphatic carbocycles. The summed E-state index contributed by atoms with van der Waals surface area (Å²) >= 11 is 0. The van der Waals surface area contributed by atoms with Gasteiger partial charge in [0.2, 0.25) is 5.91 Å². The zero-order chi connectivity index (χ0) is 26.1. The Morgan fingerprint density at radius 1 is 1.24 bits per heavy atom. The van der Waals surface area contributed by atoms with Crippen LogP contribution >= 0.6 is 0 Å². The smallest absolute Gasteiger partial charge is 0.271 e. The number of carbonyl (C=O) groups excluding carboxylic acids is 3. The van der Waals surface area contributed by atoms with Gasteiger partial charge in [0.05, 0.1) is 13.2 Å². The van der Waals surface area contributed by atoms with E-state index in [0.717, 1.165) is 40.4 Å². The normalized spacial score (nSPS) is 19.8. The molecule has 1 aromatic heterocycles. The minimum absolute atomic E-state index is 0.152. The molecule has 0 bridgehead atoms. The van der Waals surface area contributed by atoms with Crippen LogP contribution < -0.4 is 10.1 Å². The zero-order valence-corrected chi connectivity index (χ0v) is 21.0. The Balaban J connectivity index is 1.47. The van der Waals surface area contributed by atoms with Crippen molar-refractivity contribution in [2.45, 2.75) is 51.1 Å². The van der Waals surface area contributed by atoms with Crippen molar-refractivity contribution in [3.8, 4) is 11.8 Å². The number of aromatic nitrogens is 1. The number of nitrogens with zero attached hydrogens (tertiary/aromatic N) is 2. The molecular weight excluding hydrogens is 468 g/mol. The van der Waals surface area contributed by atoms with Gasteiger partial charge in [-0.2, -0.15) is 5.26 Å². The largest absolute Gasteiger partial charge is 0.496 e. The van der Waals surface area contributed by atoms with Gasteiger partial charge in [-0.3, -0.25) is 14.4 Å². The molecule has 0 spiro atoms. The number of Topliss-reactive ketones (excluding diaryl/α,β-unsaturated/α-hetero) is 1. The van der Waals surface area contributed by atoms with Crippen LogP contribution in [0.2, 0.25) is 0 Å². The van der Waals surface area contributed by atoms with E-state index in [2.05, 4.69) is 16.4 Å². The number of benzene rings is 2. The van der Waals surface area contributed by atoms with Crippen molar-refractivity contribution >= 4 is 28.5 Å². The van der Waals surface area contributed by atoms with Gasteiger partial charge >= 0.3 is 0 Å². The number of aryl methyl sites for hydroxylation is 1. The van der Waals surface area contributed by atoms with Crippen LogP contribution in [0.25, 0.3) is 10.9 Å². The monoisotopic (exact) mass is 498 g/mol. The molecule has 0 saturated heterocycles. The highest BCUT2D eigenvalue weighted by molar-refractivity contribution is 6.02. The highest BCUT2D eigenvalue weighted by Gasteiger charge is 2.38. The summed E-state index contributed by atoms with van der Waals surface area (Å²) in [6, 6.07) is 13.5. The van der Waals surface area contributed by atoms with Gasteiger partial charge in [0.25, 0.3) is 5.91 Å². The molecule has 2 heterocycles. The van der Waals surface area contributed by atoms with Gasteiger partial charge in [0.1, 0.15) is 29.3 Å². The number of ketones is 1. The number of hydrogen-bond acceptors (Lipinski definition) is 5. The molecule has 190 valence electrons. The van der Waals surface area contributed by atoms with E-state index < -0.39 is 18.0 Å². The van der Waals surface area contributed by atoms with Gasteiger partial charge in [0.15, 0.2) is 0 Å². The number of methoxy groups -OCH3 is 1. The Kier molecular flexibility index (Phi) is 6.70. The summed E-state index contributed by atoms with van der Waals surface area (Å²) in [7, 11) is 1.58. The standard InChI is InChI=1S/C29H30N4O4/c1-17-6-3-8-21-20(17)12-13-33(29(36)24-15-22-23(32-24)9-5-11-26(22)37-2)27(21)28(35)31-19(16-30)14-18-7-4-10-25(18)34/h3,5-6,8-9,11,15,18-19,27,32H,4,7,10,12-14H2,1-2H3,(H,31,35)/t18-,19-,27?/m0/s1. The fourth-order valence-corrected chi connectivity index (χ4v) is 5.74. The molecule has 0 radical (unpaired) electrons. The Morgan fingerprint density at radius 3 is 2.78 bits per heavy atom. The number of hydrogen-bond donors (Lipinski definition) is 2. The van der Waals surface area contributed by atoms with Crippen molar-refractivity contribution in [3.05, 3.63) is 64.8 Å². The number of nitriles is 1. The SMILES string of the molecule is COc1cccc2[nH]c(C(=O)N3CCc4c(C)cccc4C3C(=O)N[C@H](C#N)C[C@@H]3CCCC3=O)cc12. The summed E-state index contributed by atoms with van der Waals surface area (Å²) < 4.78 is 5.44. The van der Waals surface area contributed by atoms with Crippen LogP contribution in [0.5, 0.6) is 5.75 Å². The third kappa shape index (κ3) is 4.57. The molecule has 5 rings (SSSR count). The number of H-pyrrole nitrogens is 1. The molecule has 1 fully saturated rings. The van der Waals surface area contributed by atoms with Crippen LogP contribution in [0.15, 0.2) is 42.5 Å². The first kappa shape index (κ1) is 24.6. The number of ether oxygens (including phenoxy) is 1. The Morgan fingerprint density at radius 2 is 2.05 bits per heavy atom. The average Bonchev–Trinajstić information content (AvgIpc) is 3.53. The summed E-state index contributed by atoms with van der Waals surface area (Å²) in [5.74, 6) is -0.111. The lowest BCUT2D eigenvalue weighted by atomic mass is 9.88. The maximum atomic E-state index is 13.8. The number of rotatable bonds is 6. The number of fused-ring (bicyclic) bond motifs is 2. The molecule has 2 aromatic carbocycles. The second-order valence-corrected chi connectivity index (χ2v) is 9.88. The van der Waals surface area contributed by atoms with Crippen LogP contribution in [0.3, 0.4) is 0 Å². The maximum absolute atomic E-state index is 13.8. The Hall–Kier alpha value is -4.12. The van der Waals surface area contributed by atoms with Gasteiger partial charge in [0, 0.05) is 29.8 Å². The summed E-state index contributed by atoms with van der Waals surface area (Å²) in [5, 5.41) is 13.4. The lowest BCUT2D eigenvalue weighted by Crippen LogP contribution is -2.49. The average molecular weight is 499 g/mol. The molecule has 1 aliphatic heterocycles. The van der Waals surface area contributed by atoms with Gasteiger partial charge < -0.3 is 19.9 Å². The predicted molar refractivity (Wildman–Crippen MR) is 138 cm³/mol. The van der Waals surface area contributed by atoms with E-state index in [9.17, 15) is 19.6 Å². The third-order valence-electron chi connectivity index (χ3n) is 7.66. The van der Waals surface area contributed by atoms with E-state index in [1.54, 1.807) is 18.1 Å². The van der Waals surface area contributed by atoms with Crippen molar-refractivity contribution < 1.29 is 19.1 Å². The Labute approximate surface area is 215 Å². The minimum Gasteiger partial charge on any atom is -0.496 e. The lowest BCUT2D eigenvalue weighted by Gasteiger charge is -2.37. The quantitative estimate of drug-likeness (QED) is 0.533. The topological polar surface area (TPSA) is 115 Å². The highest BCUT2D eigenvalue weighted by Crippen LogP contribution is 2.34. The van der Waals surface area contributed by atoms with E-state index >= 15 is 0 Å². The van der Waals surface area contributed by atoms with Crippen molar-refractivity contribution in [2.75, 3.05) is 13.7 Å². The molecule has 2 aliphatic rings. The molecule has 2 amide bonds. The van der Waals surface area contributed by atoms with Crippen LogP contribution in [0, 0.1) is 24.2 Å². The summed E-state index contributed by atoms with van der Waals surface area (Å²) in [6.45, 7) is 2.36. The lowest BCUT2D eigenvalue weighted by molar-refractivity contribution is -0.127. The molecule has 3 atom stereocenters. The van der Waals surface area contributed by atoms with Crippen molar-refractivity contribution in [2.24, 2.45) is 5.92 Å². The van der Waals surface area contributed by atoms with Crippen LogP contribution in [0.1, 0.15) is 58.9 Å². The highest BCUT2D eigenvalue weighted by atomic mass is 16.5. The van der Waals surface area contributed by atoms with Gasteiger partial charge in [-0.15, -0.1) is 0 Å². The summed E-state index contributed by atoms with van der Waals surface area (Å²) in [6.07, 6.45) is 3.02. The zero-order valence-electron chi connectivity index (χ0n) is 21.0. The first-order chi connectivity index (χ1) is 17.9. The predicted octanol–water partition coefficient (Wildman–Crippen LogP) is 3.99. The molecule has 2 N–H and O–H groups in total. The number of carbonyl (C=O) groups is 3. The Bertz CT molecular complexity index is 1420. The third-order valence-corrected chi connectivity index (χ3v) is 7.66. The van der Waals surface area contributed by atoms with E-state index in [4.69, 9.17) is 4.74 Å². The molecule has 37 heavy (non-hydrogen) atoms. The first-order valence-corrected chi connectivity index (χ1v) is 12.7. The minimum atomic E-state index is -0.889. The van der Waals surface area contributed by atoms with E-state index in [-0.39, 0.29) is 17.6 Å². The van der Waals surface area contributed by atoms with Crippen LogP contribution in [-0.4, -0.2) is 47.2 Å². The summed E-state index contributed by atoms with van der Waals surface area (Å²) in [4.78, 5) is 44.5. The van der Waals surface area contributed by atoms with E-state index in [0.29, 0.717) is 37.3 Å². The number of amides is 2. The van der Waals surface area contributed by atoms with Crippen LogP contribution in [-0.2, 0) is 16.0 Å². The van der Waals surface area contributed by atoms with Crippen molar-refractivity contribution in [1.82, 2.24) is 15.2 Å². The van der Waals surface area contributed by atoms with Crippen LogP contribution in [0.4, 0.5) is 0 Å². The van der Waals surface area contributed by atoms with Gasteiger partial charge in [-0.25, -0.2) is 0 Å². The fourth-order valence-electron chi connectivity index (χ4n) is 5.74. The second-order valence-electron chi connectivity index (χ2n) is 9.88. The number of nitrogens with one attached hydrogen (secondary N) is 2. The maximum Gasteiger partial charge on any atom is 0.271 e. The van der Waals surface area contributed by atoms with Crippen molar-refractivity contribution in [1.29, 1.82) is 5.26 Å². The molecule has 3 aromatic rings. The second kappa shape index (κ2) is 10.1. The van der Waals surface area contributed by atoms with Gasteiger partial charge in [-0.1, -0.05) is 24.3 Å². The summed E-state index contributed by atoms with van der Waals surface area (Å²) in [5.41, 5.74) is 4.00. The number of aromatic amines is 1. The molecule has 1 unspecified atom stereocenters. The molecular formula is C29H30N4O4. The van der Waals surface area contributed by atoms with Crippen molar-refractivity contribution in [3.63, 3.8) is 0 Å². The molecule has 1 saturated carbocycles. The fraction of sp³-hybridized carbons (Fsp3) is 0.379. The molecule has 8 nitrogen and oxygen atoms in total. The van der Waals surface area contributed by atoms with Gasteiger partial charge in [-0.05, 0) is 67.5 Å². The first-order valence-electron chi connectivity index (χ1n) is 12.7. The molecule has 8 heteroatoms.